The molecule has 0 radical (unpaired) electrons. The van der Waals surface area contributed by atoms with Gasteiger partial charge in [-0.3, -0.25) is 5.21 Å². The summed E-state index contributed by atoms with van der Waals surface area (Å²) in [5, 5.41) is 8.96. The van der Waals surface area contributed by atoms with E-state index in [9.17, 15) is 8.78 Å². The highest BCUT2D eigenvalue weighted by molar-refractivity contribution is 5.03. The van der Waals surface area contributed by atoms with Gasteiger partial charge < -0.3 is 5.73 Å². The number of rotatable bonds is 2. The summed E-state index contributed by atoms with van der Waals surface area (Å²) < 4.78 is 26.0. The Bertz CT molecular complexity index is 278. The van der Waals surface area contributed by atoms with Gasteiger partial charge >= 0.3 is 11.6 Å². The van der Waals surface area contributed by atoms with Crippen molar-refractivity contribution in [2.24, 2.45) is 5.73 Å². The Labute approximate surface area is 68.0 Å². The molecule has 12 heavy (non-hydrogen) atoms. The van der Waals surface area contributed by atoms with Crippen molar-refractivity contribution in [2.45, 2.75) is 5.92 Å². The van der Waals surface area contributed by atoms with Gasteiger partial charge in [-0.2, -0.15) is 8.78 Å². The van der Waals surface area contributed by atoms with Crippen LogP contribution in [0.2, 0.25) is 0 Å². The molecule has 1 aromatic heterocycles. The Morgan fingerprint density at radius 1 is 1.50 bits per heavy atom. The molecule has 5 heteroatoms. The second kappa shape index (κ2) is 3.02. The molecule has 0 saturated carbocycles. The van der Waals surface area contributed by atoms with E-state index in [1.165, 1.54) is 12.1 Å². The molecule has 0 aliphatic carbocycles. The summed E-state index contributed by atoms with van der Waals surface area (Å²) in [6.07, 6.45) is 1.12. The minimum absolute atomic E-state index is 0.368. The molecule has 3 N–H and O–H groups in total. The number of aromatic nitrogens is 1. The summed E-state index contributed by atoms with van der Waals surface area (Å²) >= 11 is 0. The van der Waals surface area contributed by atoms with E-state index >= 15 is 0 Å². The third-order valence-corrected chi connectivity index (χ3v) is 1.47. The zero-order valence-corrected chi connectivity index (χ0v) is 6.24. The van der Waals surface area contributed by atoms with Gasteiger partial charge in [-0.05, 0) is 6.07 Å². The molecular weight excluding hydrogens is 166 g/mol. The van der Waals surface area contributed by atoms with Crippen molar-refractivity contribution < 1.29 is 18.7 Å². The maximum Gasteiger partial charge on any atom is 0.346 e. The summed E-state index contributed by atoms with van der Waals surface area (Å²) in [6, 6.07) is 3.97. The highest BCUT2D eigenvalue weighted by Gasteiger charge is 2.39. The highest BCUT2D eigenvalue weighted by atomic mass is 19.3. The lowest BCUT2D eigenvalue weighted by molar-refractivity contribution is -0.913. The van der Waals surface area contributed by atoms with Crippen molar-refractivity contribution in [2.75, 3.05) is 6.54 Å². The molecule has 0 bridgehead atoms. The topological polar surface area (TPSA) is 50.1 Å². The molecule has 0 unspecified atom stereocenters. The van der Waals surface area contributed by atoms with Crippen LogP contribution in [0.4, 0.5) is 8.78 Å². The first-order valence-corrected chi connectivity index (χ1v) is 3.36. The Hall–Kier alpha value is -1.23. The molecule has 0 spiro atoms. The average Bonchev–Trinajstić information content (AvgIpc) is 2.05. The number of pyridine rings is 1. The van der Waals surface area contributed by atoms with Gasteiger partial charge in [0.05, 0.1) is 6.54 Å². The van der Waals surface area contributed by atoms with Gasteiger partial charge in [0.25, 0.3) is 0 Å². The van der Waals surface area contributed by atoms with E-state index in [4.69, 9.17) is 10.9 Å². The quantitative estimate of drug-likeness (QED) is 0.500. The van der Waals surface area contributed by atoms with Gasteiger partial charge in [-0.25, -0.2) is 0 Å². The Morgan fingerprint density at radius 2 is 2.17 bits per heavy atom. The minimum Gasteiger partial charge on any atom is -0.325 e. The summed E-state index contributed by atoms with van der Waals surface area (Å²) in [6.45, 7) is -0.822. The van der Waals surface area contributed by atoms with Crippen molar-refractivity contribution in [3.8, 4) is 0 Å². The molecule has 1 rings (SSSR count). The minimum atomic E-state index is -3.18. The lowest BCUT2D eigenvalue weighted by atomic mass is 10.2. The molecule has 0 aromatic carbocycles. The van der Waals surface area contributed by atoms with Crippen molar-refractivity contribution >= 4 is 0 Å². The second-order valence-corrected chi connectivity index (χ2v) is 2.34. The van der Waals surface area contributed by atoms with E-state index in [2.05, 4.69) is 0 Å². The van der Waals surface area contributed by atoms with Crippen LogP contribution in [-0.2, 0) is 5.92 Å². The molecule has 0 saturated heterocycles. The third-order valence-electron chi connectivity index (χ3n) is 1.47. The van der Waals surface area contributed by atoms with E-state index in [1.807, 2.05) is 0 Å². The average molecular weight is 175 g/mol. The molecule has 0 atom stereocenters. The number of halogens is 2. The molecule has 1 aromatic rings. The predicted molar refractivity (Wildman–Crippen MR) is 36.8 cm³/mol. The Morgan fingerprint density at radius 3 is 2.67 bits per heavy atom. The first-order valence-electron chi connectivity index (χ1n) is 3.36. The van der Waals surface area contributed by atoms with Crippen LogP contribution in [-0.4, -0.2) is 11.8 Å². The summed E-state index contributed by atoms with van der Waals surface area (Å²) in [5.74, 6) is -3.18. The molecule has 3 nitrogen and oxygen atoms in total. The van der Waals surface area contributed by atoms with Crippen LogP contribution < -0.4 is 10.5 Å². The lowest BCUT2D eigenvalue weighted by Gasteiger charge is -2.08. The summed E-state index contributed by atoms with van der Waals surface area (Å²) in [7, 11) is 0. The molecule has 1 heterocycles. The Kier molecular flexibility index (Phi) is 2.23. The zero-order chi connectivity index (χ0) is 9.19. The van der Waals surface area contributed by atoms with Gasteiger partial charge in [0.1, 0.15) is 0 Å². The first-order chi connectivity index (χ1) is 5.58. The molecule has 0 aliphatic rings. The van der Waals surface area contributed by atoms with Crippen molar-refractivity contribution in [1.82, 2.24) is 0 Å². The fourth-order valence-electron chi connectivity index (χ4n) is 0.829. The molecule has 0 fully saturated rings. The molecule has 66 valence electrons. The largest absolute Gasteiger partial charge is 0.346 e. The van der Waals surface area contributed by atoms with Crippen LogP contribution in [0.5, 0.6) is 0 Å². The molecular formula is C7H9F2N2O+. The van der Waals surface area contributed by atoms with Crippen LogP contribution in [0.25, 0.3) is 0 Å². The van der Waals surface area contributed by atoms with Gasteiger partial charge in [-0.1, -0.05) is 0 Å². The van der Waals surface area contributed by atoms with Crippen LogP contribution in [0.1, 0.15) is 5.69 Å². The van der Waals surface area contributed by atoms with E-state index in [0.29, 0.717) is 4.73 Å². The van der Waals surface area contributed by atoms with Crippen molar-refractivity contribution in [1.29, 1.82) is 0 Å². The van der Waals surface area contributed by atoms with Crippen LogP contribution in [0.3, 0.4) is 0 Å². The van der Waals surface area contributed by atoms with E-state index in [0.717, 1.165) is 12.3 Å². The van der Waals surface area contributed by atoms with Crippen molar-refractivity contribution in [3.05, 3.63) is 30.1 Å². The molecule has 0 aliphatic heterocycles. The predicted octanol–water partition coefficient (Wildman–Crippen LogP) is 0.262. The van der Waals surface area contributed by atoms with E-state index in [1.54, 1.807) is 0 Å². The number of hydrogen-bond donors (Lipinski definition) is 2. The second-order valence-electron chi connectivity index (χ2n) is 2.34. The maximum absolute atomic E-state index is 12.8. The normalized spacial score (nSPS) is 11.6. The SMILES string of the molecule is NCC(F)(F)c1cccc[n+]1O. The fourth-order valence-corrected chi connectivity index (χ4v) is 0.829. The van der Waals surface area contributed by atoms with E-state index in [-0.39, 0.29) is 0 Å². The lowest BCUT2D eigenvalue weighted by Crippen LogP contribution is -2.43. The van der Waals surface area contributed by atoms with Crippen LogP contribution in [0.15, 0.2) is 24.4 Å². The van der Waals surface area contributed by atoms with Crippen LogP contribution in [0, 0.1) is 0 Å². The number of nitrogens with two attached hydrogens (primary N) is 1. The number of alkyl halides is 2. The Balaban J connectivity index is 3.10. The monoisotopic (exact) mass is 175 g/mol. The molecule has 0 amide bonds. The van der Waals surface area contributed by atoms with Gasteiger partial charge in [0.15, 0.2) is 0 Å². The maximum atomic E-state index is 12.8. The van der Waals surface area contributed by atoms with Gasteiger partial charge in [0, 0.05) is 16.9 Å². The van der Waals surface area contributed by atoms with Gasteiger partial charge in [0.2, 0.25) is 6.20 Å². The third kappa shape index (κ3) is 1.50. The number of nitrogens with zero attached hydrogens (tertiary/aromatic N) is 1. The van der Waals surface area contributed by atoms with Crippen molar-refractivity contribution in [3.63, 3.8) is 0 Å². The number of hydrogen-bond acceptors (Lipinski definition) is 2. The zero-order valence-electron chi connectivity index (χ0n) is 6.24. The standard InChI is InChI=1S/C7H9F2N2O/c8-7(9,5-10)6-3-1-2-4-11(6)12/h1-4,12H,5,10H2/q+1. The van der Waals surface area contributed by atoms with E-state index < -0.39 is 18.2 Å². The summed E-state index contributed by atoms with van der Waals surface area (Å²) in [4.78, 5) is 0. The first kappa shape index (κ1) is 8.86. The smallest absolute Gasteiger partial charge is 0.325 e. The fraction of sp³-hybridized carbons (Fsp3) is 0.286. The highest BCUT2D eigenvalue weighted by Crippen LogP contribution is 2.22. The van der Waals surface area contributed by atoms with Gasteiger partial charge in [-0.15, -0.1) is 0 Å². The van der Waals surface area contributed by atoms with Crippen LogP contribution >= 0.6 is 0 Å². The summed E-state index contributed by atoms with van der Waals surface area (Å²) in [5.41, 5.74) is 4.33.